The number of carboxylic acids is 1. The van der Waals surface area contributed by atoms with E-state index >= 15 is 4.39 Å². The Hall–Kier alpha value is -3.84. The first-order valence-corrected chi connectivity index (χ1v) is 14.5. The lowest BCUT2D eigenvalue weighted by Gasteiger charge is -2.27. The van der Waals surface area contributed by atoms with E-state index in [1.54, 1.807) is 24.4 Å². The van der Waals surface area contributed by atoms with Crippen molar-refractivity contribution in [1.29, 1.82) is 0 Å². The van der Waals surface area contributed by atoms with E-state index < -0.39 is 29.8 Å². The van der Waals surface area contributed by atoms with Crippen LogP contribution in [0.25, 0.3) is 22.4 Å². The van der Waals surface area contributed by atoms with Crippen LogP contribution in [0.2, 0.25) is 0 Å². The van der Waals surface area contributed by atoms with Crippen LogP contribution in [0.5, 0.6) is 11.5 Å². The van der Waals surface area contributed by atoms with Gasteiger partial charge in [0.25, 0.3) is 0 Å². The first-order chi connectivity index (χ1) is 20.2. The van der Waals surface area contributed by atoms with Gasteiger partial charge in [-0.2, -0.15) is 4.39 Å². The molecule has 0 radical (unpaired) electrons. The summed E-state index contributed by atoms with van der Waals surface area (Å²) in [5, 5.41) is 8.90. The Morgan fingerprint density at radius 1 is 1.24 bits per heavy atom. The van der Waals surface area contributed by atoms with Crippen molar-refractivity contribution in [2.75, 3.05) is 57.1 Å². The van der Waals surface area contributed by atoms with Crippen molar-refractivity contribution >= 4 is 34.2 Å². The summed E-state index contributed by atoms with van der Waals surface area (Å²) in [6.45, 7) is 1.27. The molecule has 1 unspecified atom stereocenters. The Labute approximate surface area is 245 Å². The smallest absolute Gasteiger partial charge is 0.304 e. The summed E-state index contributed by atoms with van der Waals surface area (Å²) < 4.78 is 44.9. The van der Waals surface area contributed by atoms with Crippen molar-refractivity contribution in [1.82, 2.24) is 9.97 Å². The monoisotopic (exact) mass is 602 g/mol. The van der Waals surface area contributed by atoms with Gasteiger partial charge >= 0.3 is 5.97 Å². The van der Waals surface area contributed by atoms with E-state index in [1.807, 2.05) is 11.9 Å². The van der Waals surface area contributed by atoms with Crippen LogP contribution in [0.4, 0.5) is 19.7 Å². The molecule has 13 heteroatoms. The van der Waals surface area contributed by atoms with Crippen LogP contribution >= 0.6 is 11.3 Å². The van der Waals surface area contributed by atoms with E-state index in [0.717, 1.165) is 12.8 Å². The fraction of sp³-hybridized carbons (Fsp3) is 0.448. The number of hydrogen-bond donors (Lipinski definition) is 1. The van der Waals surface area contributed by atoms with Crippen LogP contribution in [0.3, 0.4) is 0 Å². The van der Waals surface area contributed by atoms with Crippen LogP contribution in [0.1, 0.15) is 25.7 Å². The van der Waals surface area contributed by atoms with Crippen LogP contribution in [0.15, 0.2) is 30.5 Å². The van der Waals surface area contributed by atoms with Crippen LogP contribution < -0.4 is 19.3 Å². The Morgan fingerprint density at radius 2 is 2.02 bits per heavy atom. The normalized spacial score (nSPS) is 16.0. The van der Waals surface area contributed by atoms with Gasteiger partial charge in [0.2, 0.25) is 17.9 Å². The Bertz CT molecular complexity index is 1450. The lowest BCUT2D eigenvalue weighted by Crippen LogP contribution is -2.35. The highest BCUT2D eigenvalue weighted by atomic mass is 32.1. The van der Waals surface area contributed by atoms with Crippen molar-refractivity contribution in [3.8, 4) is 33.9 Å². The maximum absolute atomic E-state index is 15.6. The van der Waals surface area contributed by atoms with E-state index in [-0.39, 0.29) is 28.9 Å². The largest absolute Gasteiger partial charge is 0.488 e. The number of rotatable bonds is 10. The molecule has 1 amide bonds. The zero-order valence-corrected chi connectivity index (χ0v) is 24.2. The van der Waals surface area contributed by atoms with Gasteiger partial charge in [0.05, 0.1) is 13.0 Å². The highest BCUT2D eigenvalue weighted by molar-refractivity contribution is 7.14. The highest BCUT2D eigenvalue weighted by Gasteiger charge is 2.31. The zero-order valence-electron chi connectivity index (χ0n) is 23.3. The average Bonchev–Trinajstić information content (AvgIpc) is 3.37. The first-order valence-electron chi connectivity index (χ1n) is 13.7. The molecule has 1 saturated heterocycles. The minimum Gasteiger partial charge on any atom is -0.488 e. The summed E-state index contributed by atoms with van der Waals surface area (Å²) in [7, 11) is 3.38. The number of aliphatic carboxylic acids is 1. The number of nitrogens with zero attached hydrogens (tertiary/aromatic N) is 4. The molecule has 224 valence electrons. The lowest BCUT2D eigenvalue weighted by molar-refractivity contribution is -0.141. The summed E-state index contributed by atoms with van der Waals surface area (Å²) in [4.78, 5) is 37.3. The number of alkyl halides is 1. The number of carbonyl (C=O) groups is 2. The number of thiazole rings is 1. The first kappa shape index (κ1) is 29.6. The summed E-state index contributed by atoms with van der Waals surface area (Å²) in [6, 6.07) is 6.53. The maximum Gasteiger partial charge on any atom is 0.304 e. The maximum atomic E-state index is 15.6. The fourth-order valence-corrected chi connectivity index (χ4v) is 6.11. The number of anilines is 2. The third kappa shape index (κ3) is 6.46. The van der Waals surface area contributed by atoms with E-state index in [1.165, 1.54) is 18.0 Å². The number of ether oxygens (including phenoxy) is 3. The number of likely N-dealkylation sites (N-methyl/N-ethyl adjacent to an activating group) is 1. The molecule has 42 heavy (non-hydrogen) atoms. The third-order valence-electron chi connectivity index (χ3n) is 7.58. The van der Waals surface area contributed by atoms with Crippen molar-refractivity contribution < 1.29 is 37.7 Å². The third-order valence-corrected chi connectivity index (χ3v) is 8.50. The number of amides is 1. The zero-order chi connectivity index (χ0) is 29.8. The minimum atomic E-state index is -1.08. The molecular weight excluding hydrogens is 570 g/mol. The van der Waals surface area contributed by atoms with Gasteiger partial charge in [0.1, 0.15) is 18.1 Å². The molecule has 3 aromatic rings. The second-order valence-electron chi connectivity index (χ2n) is 10.4. The molecule has 0 bridgehead atoms. The second-order valence-corrected chi connectivity index (χ2v) is 11.3. The molecule has 2 aromatic heterocycles. The van der Waals surface area contributed by atoms with Crippen molar-refractivity contribution in [2.45, 2.75) is 25.7 Å². The predicted molar refractivity (Wildman–Crippen MR) is 153 cm³/mol. The van der Waals surface area contributed by atoms with Crippen molar-refractivity contribution in [3.05, 3.63) is 35.6 Å². The number of benzene rings is 1. The Balaban J connectivity index is 1.48. The van der Waals surface area contributed by atoms with Crippen molar-refractivity contribution in [2.24, 2.45) is 11.8 Å². The van der Waals surface area contributed by atoms with Gasteiger partial charge in [0.15, 0.2) is 16.7 Å². The van der Waals surface area contributed by atoms with Crippen LogP contribution in [-0.2, 0) is 14.3 Å². The van der Waals surface area contributed by atoms with E-state index in [4.69, 9.17) is 14.2 Å². The van der Waals surface area contributed by atoms with E-state index in [9.17, 15) is 19.1 Å². The van der Waals surface area contributed by atoms with Gasteiger partial charge in [-0.25, -0.2) is 14.4 Å². The topological polar surface area (TPSA) is 114 Å². The number of pyridine rings is 1. The van der Waals surface area contributed by atoms with Crippen LogP contribution in [-0.4, -0.2) is 74.3 Å². The molecule has 2 aliphatic heterocycles. The SMILES string of the molecule is CN1CCOc2cc(-c3ccc(OCF)cc3-c3nc(N(C)C(=O)C(CC(=O)O)CC4CCOCC4)sc3F)cnc21. The molecule has 0 aliphatic carbocycles. The molecule has 1 N–H and O–H groups in total. The molecule has 2 aliphatic rings. The Morgan fingerprint density at radius 3 is 2.76 bits per heavy atom. The highest BCUT2D eigenvalue weighted by Crippen LogP contribution is 2.41. The Kier molecular flexibility index (Phi) is 9.17. The molecule has 1 aromatic carbocycles. The number of fused-ring (bicyclic) bond motifs is 1. The molecule has 5 rings (SSSR count). The number of aromatic nitrogens is 2. The van der Waals surface area contributed by atoms with Crippen LogP contribution in [0, 0.1) is 17.0 Å². The van der Waals surface area contributed by atoms with Gasteiger partial charge < -0.3 is 24.2 Å². The molecule has 4 heterocycles. The number of hydrogen-bond acceptors (Lipinski definition) is 9. The van der Waals surface area contributed by atoms with Gasteiger partial charge in [-0.05, 0) is 55.0 Å². The molecule has 1 fully saturated rings. The molecule has 1 atom stereocenters. The average molecular weight is 603 g/mol. The number of carboxylic acid groups (broad SMARTS) is 1. The van der Waals surface area contributed by atoms with Gasteiger partial charge in [0, 0.05) is 50.6 Å². The van der Waals surface area contributed by atoms with Gasteiger partial charge in [-0.3, -0.25) is 14.5 Å². The molecular formula is C29H32F2N4O6S. The quantitative estimate of drug-likeness (QED) is 0.342. The second kappa shape index (κ2) is 13.0. The van der Waals surface area contributed by atoms with Gasteiger partial charge in [-0.1, -0.05) is 11.3 Å². The summed E-state index contributed by atoms with van der Waals surface area (Å²) in [5.41, 5.74) is 1.45. The molecule has 0 saturated carbocycles. The number of halogens is 2. The lowest BCUT2D eigenvalue weighted by atomic mass is 9.86. The summed E-state index contributed by atoms with van der Waals surface area (Å²) >= 11 is 0.672. The summed E-state index contributed by atoms with van der Waals surface area (Å²) in [5.74, 6) is -0.712. The van der Waals surface area contributed by atoms with E-state index in [0.29, 0.717) is 72.4 Å². The van der Waals surface area contributed by atoms with Gasteiger partial charge in [-0.15, -0.1) is 0 Å². The fourth-order valence-electron chi connectivity index (χ4n) is 5.34. The standard InChI is InChI=1S/C29H32F2N4O6S/c1-34-7-10-40-23-12-19(15-32-27(23)34)21-4-3-20(41-16-30)14-22(21)25-26(31)42-29(33-25)35(2)28(38)18(13-24(36)37)11-17-5-8-39-9-6-17/h3-4,12,14-15,17-18H,5-11,13,16H2,1-2H3,(H,36,37). The molecule has 10 nitrogen and oxygen atoms in total. The molecule has 0 spiro atoms. The van der Waals surface area contributed by atoms with Crippen molar-refractivity contribution in [3.63, 3.8) is 0 Å². The summed E-state index contributed by atoms with van der Waals surface area (Å²) in [6.07, 6.45) is 3.21. The number of carbonyl (C=O) groups excluding carboxylic acids is 1. The minimum absolute atomic E-state index is 0.0519. The predicted octanol–water partition coefficient (Wildman–Crippen LogP) is 5.02. The van der Waals surface area contributed by atoms with E-state index in [2.05, 4.69) is 9.97 Å².